The molecule has 88 valence electrons. The highest BCUT2D eigenvalue weighted by molar-refractivity contribution is 6.30. The molecule has 3 rings (SSSR count). The molecule has 0 saturated carbocycles. The Hall–Kier alpha value is -1.35. The molecule has 4 heteroatoms. The lowest BCUT2D eigenvalue weighted by molar-refractivity contribution is 0.536. The van der Waals surface area contributed by atoms with Crippen LogP contribution in [-0.2, 0) is 13.0 Å². The van der Waals surface area contributed by atoms with Crippen LogP contribution in [-0.4, -0.2) is 9.55 Å². The molecule has 0 bridgehead atoms. The van der Waals surface area contributed by atoms with Crippen LogP contribution in [0.25, 0.3) is 11.4 Å². The zero-order chi connectivity index (χ0) is 11.8. The first-order chi connectivity index (χ1) is 8.25. The van der Waals surface area contributed by atoms with Crippen LogP contribution in [0.2, 0.25) is 5.15 Å². The average Bonchev–Trinajstić information content (AvgIpc) is 2.69. The summed E-state index contributed by atoms with van der Waals surface area (Å²) in [5.41, 5.74) is 2.03. The largest absolute Gasteiger partial charge is 0.327 e. The number of hydrogen-bond donors (Lipinski definition) is 0. The van der Waals surface area contributed by atoms with Crippen LogP contribution in [0.1, 0.15) is 18.5 Å². The fourth-order valence-corrected chi connectivity index (χ4v) is 2.59. The molecule has 0 N–H and O–H groups in total. The number of hydrogen-bond acceptors (Lipinski definition) is 1. The third kappa shape index (κ3) is 1.84. The number of rotatable bonds is 1. The van der Waals surface area contributed by atoms with Crippen molar-refractivity contribution >= 4 is 11.6 Å². The molecule has 0 spiro atoms. The Labute approximate surface area is 104 Å². The van der Waals surface area contributed by atoms with E-state index in [1.807, 2.05) is 0 Å². The molecule has 2 aromatic rings. The van der Waals surface area contributed by atoms with Crippen LogP contribution >= 0.6 is 11.6 Å². The second-order valence-corrected chi connectivity index (χ2v) is 4.65. The Morgan fingerprint density at radius 2 is 1.94 bits per heavy atom. The Morgan fingerprint density at radius 3 is 2.71 bits per heavy atom. The molecule has 2 nitrogen and oxygen atoms in total. The van der Waals surface area contributed by atoms with Gasteiger partial charge in [0.15, 0.2) is 5.15 Å². The molecule has 0 amide bonds. The molecule has 1 aliphatic rings. The maximum atomic E-state index is 12.9. The van der Waals surface area contributed by atoms with Crippen LogP contribution in [0.3, 0.4) is 0 Å². The van der Waals surface area contributed by atoms with E-state index in [0.29, 0.717) is 5.15 Å². The minimum Gasteiger partial charge on any atom is -0.327 e. The van der Waals surface area contributed by atoms with E-state index in [4.69, 9.17) is 11.6 Å². The first kappa shape index (κ1) is 10.8. The van der Waals surface area contributed by atoms with E-state index in [1.165, 1.54) is 12.1 Å². The van der Waals surface area contributed by atoms with Gasteiger partial charge >= 0.3 is 0 Å². The summed E-state index contributed by atoms with van der Waals surface area (Å²) in [5, 5.41) is 0.587. The van der Waals surface area contributed by atoms with Gasteiger partial charge in [0.2, 0.25) is 0 Å². The molecule has 0 saturated heterocycles. The van der Waals surface area contributed by atoms with Crippen molar-refractivity contribution in [3.05, 3.63) is 40.9 Å². The zero-order valence-corrected chi connectivity index (χ0v) is 10.0. The summed E-state index contributed by atoms with van der Waals surface area (Å²) in [5.74, 6) is 0.620. The summed E-state index contributed by atoms with van der Waals surface area (Å²) in [6, 6.07) is 6.40. The average molecular weight is 251 g/mol. The van der Waals surface area contributed by atoms with Gasteiger partial charge in [-0.2, -0.15) is 0 Å². The number of benzene rings is 1. The topological polar surface area (TPSA) is 17.8 Å². The fourth-order valence-electron chi connectivity index (χ4n) is 2.32. The number of imidazole rings is 1. The summed E-state index contributed by atoms with van der Waals surface area (Å²) in [7, 11) is 0. The SMILES string of the molecule is Fc1ccc(-c2nc(Cl)c3n2CCCC3)cc1. The molecule has 1 aromatic carbocycles. The van der Waals surface area contributed by atoms with Gasteiger partial charge in [0.1, 0.15) is 11.6 Å². The van der Waals surface area contributed by atoms with Crippen molar-refractivity contribution < 1.29 is 4.39 Å². The maximum Gasteiger partial charge on any atom is 0.150 e. The van der Waals surface area contributed by atoms with Gasteiger partial charge in [0.05, 0.1) is 5.69 Å². The van der Waals surface area contributed by atoms with Crippen molar-refractivity contribution in [3.63, 3.8) is 0 Å². The summed E-state index contributed by atoms with van der Waals surface area (Å²) < 4.78 is 15.0. The third-order valence-electron chi connectivity index (χ3n) is 3.17. The molecule has 0 aliphatic carbocycles. The van der Waals surface area contributed by atoms with Gasteiger partial charge in [0.25, 0.3) is 0 Å². The number of halogens is 2. The van der Waals surface area contributed by atoms with Gasteiger partial charge in [0, 0.05) is 12.1 Å². The summed E-state index contributed by atoms with van der Waals surface area (Å²) in [6.45, 7) is 0.946. The van der Waals surface area contributed by atoms with Crippen molar-refractivity contribution in [1.82, 2.24) is 9.55 Å². The predicted molar refractivity (Wildman–Crippen MR) is 65.6 cm³/mol. The Kier molecular flexibility index (Phi) is 2.63. The van der Waals surface area contributed by atoms with E-state index in [-0.39, 0.29) is 5.82 Å². The highest BCUT2D eigenvalue weighted by Gasteiger charge is 2.19. The van der Waals surface area contributed by atoms with E-state index in [0.717, 1.165) is 42.9 Å². The van der Waals surface area contributed by atoms with Crippen LogP contribution in [0.4, 0.5) is 4.39 Å². The van der Waals surface area contributed by atoms with Crippen molar-refractivity contribution in [2.45, 2.75) is 25.8 Å². The van der Waals surface area contributed by atoms with Gasteiger partial charge in [-0.3, -0.25) is 0 Å². The molecule has 0 radical (unpaired) electrons. The summed E-state index contributed by atoms with van der Waals surface area (Å²) in [4.78, 5) is 4.40. The molecule has 17 heavy (non-hydrogen) atoms. The number of fused-ring (bicyclic) bond motifs is 1. The van der Waals surface area contributed by atoms with E-state index in [9.17, 15) is 4.39 Å². The first-order valence-corrected chi connectivity index (χ1v) is 6.14. The third-order valence-corrected chi connectivity index (χ3v) is 3.47. The number of nitrogens with zero attached hydrogens (tertiary/aromatic N) is 2. The van der Waals surface area contributed by atoms with Crippen LogP contribution in [0.15, 0.2) is 24.3 Å². The first-order valence-electron chi connectivity index (χ1n) is 5.76. The van der Waals surface area contributed by atoms with Gasteiger partial charge in [-0.15, -0.1) is 0 Å². The van der Waals surface area contributed by atoms with Crippen LogP contribution < -0.4 is 0 Å². The highest BCUT2D eigenvalue weighted by Crippen LogP contribution is 2.29. The molecule has 0 unspecified atom stereocenters. The molecule has 0 fully saturated rings. The standard InChI is InChI=1S/C13H12ClFN2/c14-12-11-3-1-2-8-17(11)13(16-12)9-4-6-10(15)7-5-9/h4-7H,1-3,8H2. The lowest BCUT2D eigenvalue weighted by atomic mass is 10.1. The lowest BCUT2D eigenvalue weighted by Gasteiger charge is -2.16. The van der Waals surface area contributed by atoms with Crippen molar-refractivity contribution in [1.29, 1.82) is 0 Å². The second kappa shape index (κ2) is 4.15. The van der Waals surface area contributed by atoms with E-state index >= 15 is 0 Å². The summed E-state index contributed by atoms with van der Waals surface area (Å²) in [6.07, 6.45) is 3.29. The Morgan fingerprint density at radius 1 is 1.18 bits per heavy atom. The molecular formula is C13H12ClFN2. The molecule has 1 aromatic heterocycles. The number of aromatic nitrogens is 2. The van der Waals surface area contributed by atoms with Gasteiger partial charge in [-0.05, 0) is 43.5 Å². The summed E-state index contributed by atoms with van der Waals surface area (Å²) >= 11 is 6.14. The molecular weight excluding hydrogens is 239 g/mol. The van der Waals surface area contributed by atoms with Gasteiger partial charge in [-0.25, -0.2) is 9.37 Å². The highest BCUT2D eigenvalue weighted by atomic mass is 35.5. The van der Waals surface area contributed by atoms with Crippen molar-refractivity contribution in [3.8, 4) is 11.4 Å². The van der Waals surface area contributed by atoms with Crippen LogP contribution in [0, 0.1) is 5.82 Å². The van der Waals surface area contributed by atoms with Crippen molar-refractivity contribution in [2.24, 2.45) is 0 Å². The Bertz CT molecular complexity index is 545. The zero-order valence-electron chi connectivity index (χ0n) is 9.29. The normalized spacial score (nSPS) is 14.7. The predicted octanol–water partition coefficient (Wildman–Crippen LogP) is 3.68. The van der Waals surface area contributed by atoms with Gasteiger partial charge < -0.3 is 4.57 Å². The van der Waals surface area contributed by atoms with E-state index in [2.05, 4.69) is 9.55 Å². The fraction of sp³-hybridized carbons (Fsp3) is 0.308. The quantitative estimate of drug-likeness (QED) is 0.755. The van der Waals surface area contributed by atoms with Crippen LogP contribution in [0.5, 0.6) is 0 Å². The monoisotopic (exact) mass is 250 g/mol. The molecule has 2 heterocycles. The second-order valence-electron chi connectivity index (χ2n) is 4.29. The smallest absolute Gasteiger partial charge is 0.150 e. The van der Waals surface area contributed by atoms with E-state index < -0.39 is 0 Å². The van der Waals surface area contributed by atoms with Crippen molar-refractivity contribution in [2.75, 3.05) is 0 Å². The van der Waals surface area contributed by atoms with Gasteiger partial charge in [-0.1, -0.05) is 11.6 Å². The minimum atomic E-state index is -0.231. The lowest BCUT2D eigenvalue weighted by Crippen LogP contribution is -2.10. The maximum absolute atomic E-state index is 12.9. The molecule has 1 aliphatic heterocycles. The molecule has 0 atom stereocenters. The minimum absolute atomic E-state index is 0.231. The van der Waals surface area contributed by atoms with E-state index in [1.54, 1.807) is 12.1 Å². The Balaban J connectivity index is 2.11.